The predicted molar refractivity (Wildman–Crippen MR) is 77.6 cm³/mol. The molecule has 1 N–H and O–H groups in total. The minimum atomic E-state index is -0.141. The van der Waals surface area contributed by atoms with E-state index in [0.29, 0.717) is 25.5 Å². The van der Waals surface area contributed by atoms with Crippen LogP contribution in [0.4, 0.5) is 5.13 Å². The smallest absolute Gasteiger partial charge is 0.306 e. The Morgan fingerprint density at radius 2 is 2.26 bits per heavy atom. The van der Waals surface area contributed by atoms with E-state index in [-0.39, 0.29) is 5.97 Å². The Morgan fingerprint density at radius 3 is 3.00 bits per heavy atom. The number of carbonyl (C=O) groups is 1. The second-order valence-electron chi connectivity index (χ2n) is 4.93. The van der Waals surface area contributed by atoms with Gasteiger partial charge in [-0.05, 0) is 19.8 Å². The van der Waals surface area contributed by atoms with Crippen molar-refractivity contribution >= 4 is 22.4 Å². The second-order valence-corrected chi connectivity index (χ2v) is 5.79. The number of esters is 1. The average molecular weight is 282 g/mol. The Morgan fingerprint density at radius 1 is 1.47 bits per heavy atom. The molecule has 106 valence electrons. The molecule has 0 radical (unpaired) electrons. The van der Waals surface area contributed by atoms with E-state index in [1.54, 1.807) is 11.3 Å². The number of ether oxygens (including phenoxy) is 1. The van der Waals surface area contributed by atoms with Crippen LogP contribution < -0.4 is 5.32 Å². The standard InChI is InChI=1S/C14H22N2O2S/c1-2-18-13(17)9-8-12-10-19-14(16-12)15-11-6-4-3-5-7-11/h10-11H,2-9H2,1H3,(H,15,16). The first-order valence-electron chi connectivity index (χ1n) is 7.14. The van der Waals surface area contributed by atoms with Crippen LogP contribution in [0.5, 0.6) is 0 Å². The number of hydrogen-bond acceptors (Lipinski definition) is 5. The van der Waals surface area contributed by atoms with Crippen LogP contribution in [0.15, 0.2) is 5.38 Å². The van der Waals surface area contributed by atoms with Crippen molar-refractivity contribution in [1.82, 2.24) is 4.98 Å². The summed E-state index contributed by atoms with van der Waals surface area (Å²) in [4.78, 5) is 15.8. The minimum absolute atomic E-state index is 0.141. The van der Waals surface area contributed by atoms with Gasteiger partial charge in [0, 0.05) is 17.8 Å². The number of anilines is 1. The van der Waals surface area contributed by atoms with E-state index < -0.39 is 0 Å². The molecular formula is C14H22N2O2S. The third kappa shape index (κ3) is 4.82. The largest absolute Gasteiger partial charge is 0.466 e. The fourth-order valence-corrected chi connectivity index (χ4v) is 3.20. The molecule has 1 fully saturated rings. The molecule has 0 spiro atoms. The molecule has 0 saturated heterocycles. The van der Waals surface area contributed by atoms with E-state index >= 15 is 0 Å². The number of nitrogens with zero attached hydrogens (tertiary/aromatic N) is 1. The summed E-state index contributed by atoms with van der Waals surface area (Å²) < 4.78 is 4.91. The van der Waals surface area contributed by atoms with Crippen molar-refractivity contribution in [3.63, 3.8) is 0 Å². The molecule has 1 aromatic heterocycles. The third-order valence-electron chi connectivity index (χ3n) is 3.38. The summed E-state index contributed by atoms with van der Waals surface area (Å²) in [6.07, 6.45) is 7.58. The van der Waals surface area contributed by atoms with Gasteiger partial charge in [-0.25, -0.2) is 4.98 Å². The van der Waals surface area contributed by atoms with Crippen LogP contribution in [0.2, 0.25) is 0 Å². The third-order valence-corrected chi connectivity index (χ3v) is 4.20. The van der Waals surface area contributed by atoms with Crippen LogP contribution in [0.3, 0.4) is 0 Å². The van der Waals surface area contributed by atoms with E-state index in [1.807, 2.05) is 12.3 Å². The molecule has 0 aliphatic heterocycles. The normalized spacial score (nSPS) is 16.3. The molecule has 2 rings (SSSR count). The summed E-state index contributed by atoms with van der Waals surface area (Å²) >= 11 is 1.63. The van der Waals surface area contributed by atoms with Gasteiger partial charge >= 0.3 is 5.97 Å². The zero-order valence-corrected chi connectivity index (χ0v) is 12.3. The van der Waals surface area contributed by atoms with Crippen LogP contribution in [0.25, 0.3) is 0 Å². The fraction of sp³-hybridized carbons (Fsp3) is 0.714. The molecule has 0 unspecified atom stereocenters. The zero-order chi connectivity index (χ0) is 13.5. The number of rotatable bonds is 6. The monoisotopic (exact) mass is 282 g/mol. The maximum atomic E-state index is 11.3. The van der Waals surface area contributed by atoms with Gasteiger partial charge in [0.1, 0.15) is 0 Å². The Hall–Kier alpha value is -1.10. The lowest BCUT2D eigenvalue weighted by molar-refractivity contribution is -0.143. The summed E-state index contributed by atoms with van der Waals surface area (Å²) in [5.74, 6) is -0.141. The van der Waals surface area contributed by atoms with Gasteiger partial charge in [-0.1, -0.05) is 19.3 Å². The van der Waals surface area contributed by atoms with Crippen molar-refractivity contribution in [1.29, 1.82) is 0 Å². The number of nitrogens with one attached hydrogen (secondary N) is 1. The van der Waals surface area contributed by atoms with Gasteiger partial charge in [0.2, 0.25) is 0 Å². The zero-order valence-electron chi connectivity index (χ0n) is 11.5. The van der Waals surface area contributed by atoms with Crippen molar-refractivity contribution in [3.05, 3.63) is 11.1 Å². The van der Waals surface area contributed by atoms with Crippen LogP contribution in [0.1, 0.15) is 51.1 Å². The van der Waals surface area contributed by atoms with Gasteiger partial charge in [0.15, 0.2) is 5.13 Å². The summed E-state index contributed by atoms with van der Waals surface area (Å²) in [5, 5.41) is 6.53. The molecule has 0 aromatic carbocycles. The lowest BCUT2D eigenvalue weighted by Crippen LogP contribution is -2.22. The van der Waals surface area contributed by atoms with Gasteiger partial charge in [-0.3, -0.25) is 4.79 Å². The quantitative estimate of drug-likeness (QED) is 0.813. The highest BCUT2D eigenvalue weighted by Crippen LogP contribution is 2.24. The molecule has 1 aliphatic carbocycles. The molecular weight excluding hydrogens is 260 g/mol. The topological polar surface area (TPSA) is 51.2 Å². The molecule has 4 nitrogen and oxygen atoms in total. The van der Waals surface area contributed by atoms with E-state index in [9.17, 15) is 4.79 Å². The Kier molecular flexibility index (Phi) is 5.63. The van der Waals surface area contributed by atoms with Gasteiger partial charge < -0.3 is 10.1 Å². The van der Waals surface area contributed by atoms with Gasteiger partial charge in [0.25, 0.3) is 0 Å². The molecule has 5 heteroatoms. The summed E-state index contributed by atoms with van der Waals surface area (Å²) in [7, 11) is 0. The van der Waals surface area contributed by atoms with Crippen molar-refractivity contribution < 1.29 is 9.53 Å². The molecule has 0 atom stereocenters. The Balaban J connectivity index is 1.76. The molecule has 19 heavy (non-hydrogen) atoms. The summed E-state index contributed by atoms with van der Waals surface area (Å²) in [6, 6.07) is 0.581. The lowest BCUT2D eigenvalue weighted by atomic mass is 9.96. The maximum absolute atomic E-state index is 11.3. The lowest BCUT2D eigenvalue weighted by Gasteiger charge is -2.22. The highest BCUT2D eigenvalue weighted by atomic mass is 32.1. The number of hydrogen-bond donors (Lipinski definition) is 1. The highest BCUT2D eigenvalue weighted by molar-refractivity contribution is 7.13. The fourth-order valence-electron chi connectivity index (χ4n) is 2.37. The predicted octanol–water partition coefficient (Wildman–Crippen LogP) is 3.38. The first-order chi connectivity index (χ1) is 9.28. The number of carbonyl (C=O) groups excluding carboxylic acids is 1. The average Bonchev–Trinajstić information content (AvgIpc) is 2.86. The maximum Gasteiger partial charge on any atom is 0.306 e. The Bertz CT molecular complexity index is 400. The van der Waals surface area contributed by atoms with Crippen molar-refractivity contribution in [2.45, 2.75) is 57.9 Å². The van der Waals surface area contributed by atoms with Crippen LogP contribution in [0, 0.1) is 0 Å². The molecule has 1 saturated carbocycles. The summed E-state index contributed by atoms with van der Waals surface area (Å²) in [6.45, 7) is 2.28. The van der Waals surface area contributed by atoms with Crippen LogP contribution in [-0.4, -0.2) is 23.6 Å². The highest BCUT2D eigenvalue weighted by Gasteiger charge is 2.14. The van der Waals surface area contributed by atoms with E-state index in [1.165, 1.54) is 32.1 Å². The van der Waals surface area contributed by atoms with E-state index in [0.717, 1.165) is 10.8 Å². The first-order valence-corrected chi connectivity index (χ1v) is 8.02. The van der Waals surface area contributed by atoms with Gasteiger partial charge in [-0.2, -0.15) is 0 Å². The summed E-state index contributed by atoms with van der Waals surface area (Å²) in [5.41, 5.74) is 0.983. The van der Waals surface area contributed by atoms with Gasteiger partial charge in [0.05, 0.1) is 18.7 Å². The molecule has 0 amide bonds. The first kappa shape index (κ1) is 14.3. The number of thiazole rings is 1. The van der Waals surface area contributed by atoms with Crippen molar-refractivity contribution in [2.24, 2.45) is 0 Å². The van der Waals surface area contributed by atoms with Crippen molar-refractivity contribution in [3.8, 4) is 0 Å². The molecule has 0 bridgehead atoms. The van der Waals surface area contributed by atoms with Crippen LogP contribution >= 0.6 is 11.3 Å². The van der Waals surface area contributed by atoms with Gasteiger partial charge in [-0.15, -0.1) is 11.3 Å². The van der Waals surface area contributed by atoms with E-state index in [4.69, 9.17) is 4.74 Å². The van der Waals surface area contributed by atoms with Crippen molar-refractivity contribution in [2.75, 3.05) is 11.9 Å². The minimum Gasteiger partial charge on any atom is -0.466 e. The second kappa shape index (κ2) is 7.48. The number of aromatic nitrogens is 1. The SMILES string of the molecule is CCOC(=O)CCc1csc(NC2CCCCC2)n1. The van der Waals surface area contributed by atoms with E-state index in [2.05, 4.69) is 10.3 Å². The van der Waals surface area contributed by atoms with Crippen LogP contribution in [-0.2, 0) is 16.0 Å². The molecule has 1 aliphatic rings. The Labute approximate surface area is 118 Å². The molecule has 1 heterocycles. The number of aryl methyl sites for hydroxylation is 1. The molecule has 1 aromatic rings.